The molecule has 1 unspecified atom stereocenters. The number of rotatable bonds is 8. The van der Waals surface area contributed by atoms with Crippen LogP contribution in [0.4, 0.5) is 28.8 Å². The van der Waals surface area contributed by atoms with Gasteiger partial charge >= 0.3 is 0 Å². The van der Waals surface area contributed by atoms with Gasteiger partial charge in [0.25, 0.3) is 0 Å². The molecule has 0 spiro atoms. The van der Waals surface area contributed by atoms with E-state index in [1.807, 2.05) is 30.3 Å². The molecule has 4 rings (SSSR count). The van der Waals surface area contributed by atoms with Gasteiger partial charge in [-0.25, -0.2) is 13.9 Å². The smallest absolute Gasteiger partial charge is 0.229 e. The Morgan fingerprint density at radius 2 is 1.82 bits per heavy atom. The van der Waals surface area contributed by atoms with Gasteiger partial charge in [0.2, 0.25) is 5.95 Å². The van der Waals surface area contributed by atoms with E-state index in [4.69, 9.17) is 4.74 Å². The summed E-state index contributed by atoms with van der Waals surface area (Å²) in [5, 5.41) is 6.51. The second-order valence-corrected chi connectivity index (χ2v) is 10.0. The molecule has 1 atom stereocenters. The lowest BCUT2D eigenvalue weighted by Gasteiger charge is -2.34. The average molecular weight is 546 g/mol. The molecule has 1 saturated heterocycles. The summed E-state index contributed by atoms with van der Waals surface area (Å²) < 4.78 is 21.4. The van der Waals surface area contributed by atoms with E-state index in [0.29, 0.717) is 32.6 Å². The van der Waals surface area contributed by atoms with Crippen molar-refractivity contribution < 1.29 is 8.95 Å². The summed E-state index contributed by atoms with van der Waals surface area (Å²) in [6.45, 7) is 4.04. The normalized spacial score (nSPS) is 15.1. The summed E-state index contributed by atoms with van der Waals surface area (Å²) in [4.78, 5) is 14.3. The molecule has 180 valence electrons. The van der Waals surface area contributed by atoms with Crippen molar-refractivity contribution in [2.75, 3.05) is 62.9 Å². The van der Waals surface area contributed by atoms with E-state index >= 15 is 0 Å². The van der Waals surface area contributed by atoms with Crippen LogP contribution in [0.1, 0.15) is 0 Å². The van der Waals surface area contributed by atoms with Gasteiger partial charge in [0.05, 0.1) is 27.9 Å². The molecule has 2 aromatic carbocycles. The molecule has 1 aliphatic rings. The van der Waals surface area contributed by atoms with Crippen molar-refractivity contribution >= 4 is 55.7 Å². The number of hydrogen-bond donors (Lipinski definition) is 3. The first-order valence-corrected chi connectivity index (χ1v) is 12.8. The standard InChI is InChI=1S/C23H28BrN7O2S/c1-25-34(32)21-7-5-4-6-19(21)27-22-17(24)15-26-23(29-22)28-18-9-8-16(14-20(18)33-3)31-12-10-30(2)11-13-31/h4-9,14-15,25H,10-13H2,1-3H3,(H2,26,27,28,29). The summed E-state index contributed by atoms with van der Waals surface area (Å²) in [5.41, 5.74) is 2.59. The summed E-state index contributed by atoms with van der Waals surface area (Å²) in [7, 11) is 4.11. The molecule has 2 heterocycles. The SMILES string of the molecule is CNS(=O)c1ccccc1Nc1nc(Nc2ccc(N3CCN(C)CC3)cc2OC)ncc1Br. The fraction of sp³-hybridized carbons (Fsp3) is 0.304. The van der Waals surface area contributed by atoms with Crippen molar-refractivity contribution in [2.45, 2.75) is 4.90 Å². The number of para-hydroxylation sites is 1. The van der Waals surface area contributed by atoms with Crippen LogP contribution in [0.25, 0.3) is 0 Å². The maximum absolute atomic E-state index is 12.3. The first kappa shape index (κ1) is 24.4. The van der Waals surface area contributed by atoms with Crippen LogP contribution >= 0.6 is 15.9 Å². The molecule has 9 nitrogen and oxygen atoms in total. The molecule has 0 amide bonds. The zero-order valence-corrected chi connectivity index (χ0v) is 21.7. The maximum Gasteiger partial charge on any atom is 0.229 e. The molecule has 1 aromatic heterocycles. The molecular formula is C23H28BrN7O2S. The third kappa shape index (κ3) is 5.66. The van der Waals surface area contributed by atoms with Crippen LogP contribution in [0.2, 0.25) is 0 Å². The molecule has 3 N–H and O–H groups in total. The number of halogens is 1. The first-order valence-electron chi connectivity index (χ1n) is 10.8. The number of likely N-dealkylation sites (N-methyl/N-ethyl adjacent to an activating group) is 1. The molecule has 1 aliphatic heterocycles. The van der Waals surface area contributed by atoms with Crippen molar-refractivity contribution in [3.63, 3.8) is 0 Å². The number of ether oxygens (including phenoxy) is 1. The Kier molecular flexibility index (Phi) is 7.99. The number of benzene rings is 2. The van der Waals surface area contributed by atoms with Crippen molar-refractivity contribution in [1.29, 1.82) is 0 Å². The Morgan fingerprint density at radius 1 is 1.06 bits per heavy atom. The molecule has 1 fully saturated rings. The summed E-state index contributed by atoms with van der Waals surface area (Å²) >= 11 is 3.50. The largest absolute Gasteiger partial charge is 0.494 e. The molecule has 11 heteroatoms. The van der Waals surface area contributed by atoms with Crippen LogP contribution in [0, 0.1) is 0 Å². The lowest BCUT2D eigenvalue weighted by molar-refractivity contribution is 0.312. The van der Waals surface area contributed by atoms with E-state index in [-0.39, 0.29) is 0 Å². The second kappa shape index (κ2) is 11.1. The lowest BCUT2D eigenvalue weighted by atomic mass is 10.2. The topological polar surface area (TPSA) is 94.6 Å². The van der Waals surface area contributed by atoms with Gasteiger partial charge in [-0.2, -0.15) is 4.98 Å². The zero-order chi connectivity index (χ0) is 24.1. The minimum Gasteiger partial charge on any atom is -0.494 e. The van der Waals surface area contributed by atoms with Crippen LogP contribution in [-0.4, -0.2) is 66.5 Å². The molecule has 34 heavy (non-hydrogen) atoms. The van der Waals surface area contributed by atoms with Crippen molar-refractivity contribution in [2.24, 2.45) is 0 Å². The second-order valence-electron chi connectivity index (χ2n) is 7.78. The summed E-state index contributed by atoms with van der Waals surface area (Å²) in [6, 6.07) is 13.5. The van der Waals surface area contributed by atoms with Crippen LogP contribution < -0.4 is 25.0 Å². The Morgan fingerprint density at radius 3 is 2.56 bits per heavy atom. The summed E-state index contributed by atoms with van der Waals surface area (Å²) in [5.74, 6) is 1.67. The van der Waals surface area contributed by atoms with Gasteiger partial charge in [-0.05, 0) is 54.3 Å². The minimum atomic E-state index is -1.34. The third-order valence-corrected chi connectivity index (χ3v) is 7.28. The highest BCUT2D eigenvalue weighted by molar-refractivity contribution is 9.10. The first-order chi connectivity index (χ1) is 16.5. The highest BCUT2D eigenvalue weighted by Crippen LogP contribution is 2.33. The predicted octanol–water partition coefficient (Wildman–Crippen LogP) is 3.73. The third-order valence-electron chi connectivity index (χ3n) is 5.57. The van der Waals surface area contributed by atoms with E-state index in [1.165, 1.54) is 0 Å². The number of methoxy groups -OCH3 is 1. The quantitative estimate of drug-likeness (QED) is 0.394. The van der Waals surface area contributed by atoms with E-state index in [2.05, 4.69) is 64.2 Å². The molecule has 0 saturated carbocycles. The van der Waals surface area contributed by atoms with Gasteiger partial charge < -0.3 is 25.2 Å². The average Bonchev–Trinajstić information content (AvgIpc) is 2.86. The minimum absolute atomic E-state index is 0.406. The lowest BCUT2D eigenvalue weighted by Crippen LogP contribution is -2.44. The van der Waals surface area contributed by atoms with Crippen molar-refractivity contribution in [3.05, 3.63) is 53.1 Å². The van der Waals surface area contributed by atoms with E-state index in [0.717, 1.165) is 37.6 Å². The number of nitrogens with one attached hydrogen (secondary N) is 3. The molecule has 0 aliphatic carbocycles. The van der Waals surface area contributed by atoms with Crippen LogP contribution in [0.5, 0.6) is 5.75 Å². The Balaban J connectivity index is 1.55. The van der Waals surface area contributed by atoms with E-state index in [1.54, 1.807) is 26.4 Å². The maximum atomic E-state index is 12.3. The van der Waals surface area contributed by atoms with Gasteiger partial charge in [0.15, 0.2) is 0 Å². The summed E-state index contributed by atoms with van der Waals surface area (Å²) in [6.07, 6.45) is 1.67. The Labute approximate surface area is 210 Å². The molecule has 3 aromatic rings. The number of nitrogens with zero attached hydrogens (tertiary/aromatic N) is 4. The van der Waals surface area contributed by atoms with Crippen molar-refractivity contribution in [1.82, 2.24) is 19.6 Å². The highest BCUT2D eigenvalue weighted by atomic mass is 79.9. The highest BCUT2D eigenvalue weighted by Gasteiger charge is 2.17. The van der Waals surface area contributed by atoms with Crippen molar-refractivity contribution in [3.8, 4) is 5.75 Å². The number of piperazine rings is 1. The van der Waals surface area contributed by atoms with Gasteiger partial charge in [-0.3, -0.25) is 0 Å². The number of aromatic nitrogens is 2. The molecule has 0 bridgehead atoms. The predicted molar refractivity (Wildman–Crippen MR) is 141 cm³/mol. The number of hydrogen-bond acceptors (Lipinski definition) is 8. The van der Waals surface area contributed by atoms with Gasteiger partial charge in [0, 0.05) is 44.1 Å². The van der Waals surface area contributed by atoms with Gasteiger partial charge in [-0.1, -0.05) is 12.1 Å². The van der Waals surface area contributed by atoms with Crippen LogP contribution in [0.3, 0.4) is 0 Å². The number of anilines is 5. The molecular weight excluding hydrogens is 518 g/mol. The Hall–Kier alpha value is -2.73. The van der Waals surface area contributed by atoms with E-state index < -0.39 is 11.0 Å². The fourth-order valence-electron chi connectivity index (χ4n) is 3.65. The van der Waals surface area contributed by atoms with Gasteiger partial charge in [-0.15, -0.1) is 0 Å². The monoisotopic (exact) mass is 545 g/mol. The zero-order valence-electron chi connectivity index (χ0n) is 19.3. The van der Waals surface area contributed by atoms with Gasteiger partial charge in [0.1, 0.15) is 22.6 Å². The van der Waals surface area contributed by atoms with E-state index in [9.17, 15) is 4.21 Å². The molecule has 0 radical (unpaired) electrons. The Bertz CT molecular complexity index is 1170. The fourth-order valence-corrected chi connectivity index (χ4v) is 4.68. The van der Waals surface area contributed by atoms with Crippen LogP contribution in [0.15, 0.2) is 58.0 Å². The van der Waals surface area contributed by atoms with Crippen LogP contribution in [-0.2, 0) is 11.0 Å².